The first-order valence-corrected chi connectivity index (χ1v) is 22.3. The lowest BCUT2D eigenvalue weighted by molar-refractivity contribution is 0.239. The summed E-state index contributed by atoms with van der Waals surface area (Å²) in [4.78, 5) is 31.3. The molecule has 0 aliphatic heterocycles. The van der Waals surface area contributed by atoms with E-state index in [9.17, 15) is 0 Å². The van der Waals surface area contributed by atoms with Gasteiger partial charge in [-0.1, -0.05) is 97.1 Å². The van der Waals surface area contributed by atoms with Gasteiger partial charge in [-0.3, -0.25) is 19.8 Å². The van der Waals surface area contributed by atoms with Crippen molar-refractivity contribution in [3.05, 3.63) is 228 Å². The molecule has 4 aromatic carbocycles. The maximum Gasteiger partial charge on any atom is 0.120 e. The van der Waals surface area contributed by atoms with Crippen LogP contribution in [-0.4, -0.2) is 62.4 Å². The lowest BCUT2D eigenvalue weighted by Gasteiger charge is -2.22. The molecule has 4 heterocycles. The van der Waals surface area contributed by atoms with Gasteiger partial charge in [-0.2, -0.15) is 0 Å². The molecule has 0 amide bonds. The molecule has 0 saturated carbocycles. The molecule has 0 fully saturated rings. The van der Waals surface area contributed by atoms with Crippen LogP contribution in [0.3, 0.4) is 0 Å². The minimum atomic E-state index is 0.745. The molecule has 8 aromatic rings. The van der Waals surface area contributed by atoms with Crippen LogP contribution in [-0.2, 0) is 52.4 Å². The zero-order valence-corrected chi connectivity index (χ0v) is 37.0. The van der Waals surface area contributed by atoms with Gasteiger partial charge in [0, 0.05) is 92.4 Å². The lowest BCUT2D eigenvalue weighted by Crippen LogP contribution is -2.23. The summed E-state index contributed by atoms with van der Waals surface area (Å²) in [5, 5.41) is 0. The Morgan fingerprint density at radius 3 is 1.40 bits per heavy atom. The highest BCUT2D eigenvalue weighted by Gasteiger charge is 2.13. The molecule has 62 heavy (non-hydrogen) atoms. The summed E-state index contributed by atoms with van der Waals surface area (Å²) >= 11 is 3.55. The number of hydrogen-bond donors (Lipinski definition) is 2. The second kappa shape index (κ2) is 24.0. The number of pyridine rings is 2. The third-order valence-electron chi connectivity index (χ3n) is 9.73. The summed E-state index contributed by atoms with van der Waals surface area (Å²) < 4.78 is 4.54. The van der Waals surface area contributed by atoms with Gasteiger partial charge in [-0.05, 0) is 108 Å². The average molecular weight is 859 g/mol. The number of rotatable bonds is 20. The van der Waals surface area contributed by atoms with E-state index < -0.39 is 0 Å². The molecular weight excluding hydrogens is 805 g/mol. The maximum absolute atomic E-state index is 4.50. The van der Waals surface area contributed by atoms with E-state index >= 15 is 0 Å². The molecule has 316 valence electrons. The minimum absolute atomic E-state index is 0.745. The Balaban J connectivity index is 0.000000186. The quantitative estimate of drug-likeness (QED) is 0.0722. The zero-order chi connectivity index (χ0) is 42.6. The molecule has 0 unspecified atom stereocenters. The van der Waals surface area contributed by atoms with Crippen LogP contribution in [0.4, 0.5) is 0 Å². The van der Waals surface area contributed by atoms with Crippen molar-refractivity contribution in [2.75, 3.05) is 14.1 Å². The third-order valence-corrected chi connectivity index (χ3v) is 11.5. The summed E-state index contributed by atoms with van der Waals surface area (Å²) in [7, 11) is 4.27. The van der Waals surface area contributed by atoms with E-state index in [0.29, 0.717) is 0 Å². The largest absolute Gasteiger partial charge is 0.348 e. The summed E-state index contributed by atoms with van der Waals surface area (Å²) in [5.41, 5.74) is 7.45. The second-order valence-electron chi connectivity index (χ2n) is 15.1. The van der Waals surface area contributed by atoms with Crippen molar-refractivity contribution in [3.63, 3.8) is 0 Å². The van der Waals surface area contributed by atoms with Gasteiger partial charge in [0.1, 0.15) is 11.6 Å². The third kappa shape index (κ3) is 15.2. The molecule has 0 bridgehead atoms. The normalized spacial score (nSPS) is 11.3. The molecule has 8 rings (SSSR count). The van der Waals surface area contributed by atoms with Crippen LogP contribution in [0.2, 0.25) is 0 Å². The monoisotopic (exact) mass is 858 g/mol. The Bertz CT molecular complexity index is 2250. The highest BCUT2D eigenvalue weighted by atomic mass is 32.2. The fourth-order valence-corrected chi connectivity index (χ4v) is 8.86. The molecular formula is C50H54N10S2. The Labute approximate surface area is 374 Å². The number of benzene rings is 4. The predicted octanol–water partition coefficient (Wildman–Crippen LogP) is 10.3. The van der Waals surface area contributed by atoms with Crippen molar-refractivity contribution in [1.82, 2.24) is 48.3 Å². The van der Waals surface area contributed by atoms with Gasteiger partial charge in [0.05, 0.1) is 18.8 Å². The van der Waals surface area contributed by atoms with E-state index in [1.54, 1.807) is 36.3 Å². The van der Waals surface area contributed by atoms with Crippen LogP contribution in [0, 0.1) is 0 Å². The molecule has 0 radical (unpaired) electrons. The number of aromatic amines is 2. The number of H-pyrrole nitrogens is 2. The van der Waals surface area contributed by atoms with Crippen molar-refractivity contribution in [1.29, 1.82) is 0 Å². The number of nitrogens with zero attached hydrogens (tertiary/aromatic N) is 8. The maximum atomic E-state index is 4.50. The van der Waals surface area contributed by atoms with Gasteiger partial charge in [0.2, 0.25) is 0 Å². The van der Waals surface area contributed by atoms with E-state index in [2.05, 4.69) is 184 Å². The Kier molecular flexibility index (Phi) is 17.1. The first kappa shape index (κ1) is 44.2. The summed E-state index contributed by atoms with van der Waals surface area (Å²) in [5.74, 6) is 1.93. The average Bonchev–Trinajstić information content (AvgIpc) is 4.01. The van der Waals surface area contributed by atoms with Crippen molar-refractivity contribution < 1.29 is 0 Å². The first-order chi connectivity index (χ1) is 30.5. The number of aromatic nitrogens is 6. The van der Waals surface area contributed by atoms with Gasteiger partial charge in [-0.25, -0.2) is 18.6 Å². The smallest absolute Gasteiger partial charge is 0.120 e. The summed E-state index contributed by atoms with van der Waals surface area (Å²) in [6.45, 7) is 6.57. The molecule has 0 aliphatic rings. The Morgan fingerprint density at radius 2 is 0.919 bits per heavy atom. The molecule has 0 aliphatic carbocycles. The lowest BCUT2D eigenvalue weighted by atomic mass is 10.2. The van der Waals surface area contributed by atoms with E-state index in [0.717, 1.165) is 69.7 Å². The Hall–Kier alpha value is -5.86. The SMILES string of the molecule is CN(Cc1ccccc1)Sc1cccc(CN(Cc2ccccn2)Cc2ncc[nH]2)c1.CN(Cc1ccccc1)Sc1cccc(CN(Cc2cccnc2)Cc2ncc[nH]2)c1. The van der Waals surface area contributed by atoms with E-state index in [1.807, 2.05) is 49.2 Å². The highest BCUT2D eigenvalue weighted by molar-refractivity contribution is 7.97. The number of hydrogen-bond acceptors (Lipinski definition) is 10. The van der Waals surface area contributed by atoms with Crippen LogP contribution in [0.15, 0.2) is 193 Å². The predicted molar refractivity (Wildman–Crippen MR) is 252 cm³/mol. The molecule has 0 spiro atoms. The van der Waals surface area contributed by atoms with Crippen molar-refractivity contribution in [2.45, 2.75) is 62.1 Å². The van der Waals surface area contributed by atoms with Gasteiger partial charge in [0.15, 0.2) is 0 Å². The van der Waals surface area contributed by atoms with Gasteiger partial charge in [0.25, 0.3) is 0 Å². The summed E-state index contributed by atoms with van der Waals surface area (Å²) in [6.07, 6.45) is 12.9. The van der Waals surface area contributed by atoms with E-state index in [1.165, 1.54) is 37.6 Å². The van der Waals surface area contributed by atoms with Crippen molar-refractivity contribution in [2.24, 2.45) is 0 Å². The van der Waals surface area contributed by atoms with Crippen molar-refractivity contribution in [3.8, 4) is 0 Å². The van der Waals surface area contributed by atoms with Crippen molar-refractivity contribution >= 4 is 23.9 Å². The topological polar surface area (TPSA) is 96.1 Å². The first-order valence-electron chi connectivity index (χ1n) is 20.7. The fourth-order valence-electron chi connectivity index (χ4n) is 7.02. The highest BCUT2D eigenvalue weighted by Crippen LogP contribution is 2.26. The zero-order valence-electron chi connectivity index (χ0n) is 35.4. The molecule has 12 heteroatoms. The molecule has 10 nitrogen and oxygen atoms in total. The van der Waals surface area contributed by atoms with Gasteiger partial charge < -0.3 is 9.97 Å². The van der Waals surface area contributed by atoms with Crippen LogP contribution >= 0.6 is 23.9 Å². The number of nitrogens with one attached hydrogen (secondary N) is 2. The van der Waals surface area contributed by atoms with Crippen LogP contribution in [0.5, 0.6) is 0 Å². The summed E-state index contributed by atoms with van der Waals surface area (Å²) in [6, 6.07) is 48.8. The Morgan fingerprint density at radius 1 is 0.419 bits per heavy atom. The van der Waals surface area contributed by atoms with Crippen LogP contribution in [0.25, 0.3) is 0 Å². The molecule has 0 saturated heterocycles. The van der Waals surface area contributed by atoms with Crippen LogP contribution < -0.4 is 0 Å². The second-order valence-corrected chi connectivity index (χ2v) is 17.6. The van der Waals surface area contributed by atoms with E-state index in [4.69, 9.17) is 0 Å². The van der Waals surface area contributed by atoms with Gasteiger partial charge >= 0.3 is 0 Å². The minimum Gasteiger partial charge on any atom is -0.348 e. The van der Waals surface area contributed by atoms with Gasteiger partial charge in [-0.15, -0.1) is 0 Å². The standard InChI is InChI=1S/2C25H27N5S/c1-29(17-21-7-3-2-4-8-21)31-24-11-5-9-22(15-24)18-30(20-25-27-13-14-28-25)19-23-10-6-12-26-16-23;1-29(17-21-8-3-2-4-9-21)31-24-12-7-10-22(16-24)18-30(20-25-27-14-15-28-25)19-23-11-5-6-13-26-23/h2*2-16H,17-20H2,1H3,(H,27,28). The molecule has 0 atom stereocenters. The number of imidazole rings is 2. The molecule has 4 aromatic heterocycles. The van der Waals surface area contributed by atoms with E-state index in [-0.39, 0.29) is 0 Å². The van der Waals surface area contributed by atoms with Crippen LogP contribution in [0.1, 0.15) is 45.2 Å². The fraction of sp³-hybridized carbons (Fsp3) is 0.200. The molecule has 2 N–H and O–H groups in total.